The predicted molar refractivity (Wildman–Crippen MR) is 93.1 cm³/mol. The van der Waals surface area contributed by atoms with Crippen LogP contribution in [0.4, 0.5) is 5.82 Å². The van der Waals surface area contributed by atoms with Crippen molar-refractivity contribution >= 4 is 23.5 Å². The van der Waals surface area contributed by atoms with Gasteiger partial charge in [-0.25, -0.2) is 4.68 Å². The van der Waals surface area contributed by atoms with Gasteiger partial charge in [0.25, 0.3) is 0 Å². The smallest absolute Gasteiger partial charge is 0.314 e. The van der Waals surface area contributed by atoms with Gasteiger partial charge in [-0.1, -0.05) is 18.2 Å². The standard InChI is InChI=1S/C17H21N5O3/c1-12(2)19-15(23)8-10-18-16(24)17(25)20-14-9-11-22(21-14)13-6-4-3-5-7-13/h3-7,9,11-12H,8,10H2,1-2H3,(H,18,24)(H,19,23)(H,20,21,25). The highest BCUT2D eigenvalue weighted by atomic mass is 16.2. The first-order chi connectivity index (χ1) is 12.0. The number of para-hydroxylation sites is 1. The molecule has 0 bridgehead atoms. The summed E-state index contributed by atoms with van der Waals surface area (Å²) >= 11 is 0. The molecule has 2 rings (SSSR count). The fraction of sp³-hybridized carbons (Fsp3) is 0.294. The predicted octanol–water partition coefficient (Wildman–Crippen LogP) is 0.842. The number of carbonyl (C=O) groups excluding carboxylic acids is 3. The minimum Gasteiger partial charge on any atom is -0.354 e. The number of hydrogen-bond acceptors (Lipinski definition) is 4. The first-order valence-corrected chi connectivity index (χ1v) is 7.95. The van der Waals surface area contributed by atoms with Crippen LogP contribution in [-0.2, 0) is 14.4 Å². The topological polar surface area (TPSA) is 105 Å². The van der Waals surface area contributed by atoms with Gasteiger partial charge in [0.1, 0.15) is 0 Å². The van der Waals surface area contributed by atoms with Crippen LogP contribution in [0.5, 0.6) is 0 Å². The Balaban J connectivity index is 1.80. The van der Waals surface area contributed by atoms with Gasteiger partial charge in [-0.05, 0) is 26.0 Å². The van der Waals surface area contributed by atoms with Gasteiger partial charge in [0, 0.05) is 31.3 Å². The lowest BCUT2D eigenvalue weighted by molar-refractivity contribution is -0.136. The number of aromatic nitrogens is 2. The Morgan fingerprint density at radius 2 is 1.80 bits per heavy atom. The van der Waals surface area contributed by atoms with Gasteiger partial charge in [0.2, 0.25) is 5.91 Å². The van der Waals surface area contributed by atoms with Crippen molar-refractivity contribution in [3.63, 3.8) is 0 Å². The maximum atomic E-state index is 11.8. The zero-order valence-electron chi connectivity index (χ0n) is 14.2. The lowest BCUT2D eigenvalue weighted by Gasteiger charge is -2.08. The van der Waals surface area contributed by atoms with Crippen LogP contribution in [0.15, 0.2) is 42.6 Å². The maximum absolute atomic E-state index is 11.8. The summed E-state index contributed by atoms with van der Waals surface area (Å²) in [6.45, 7) is 3.78. The van der Waals surface area contributed by atoms with Crippen molar-refractivity contribution in [2.24, 2.45) is 0 Å². The molecule has 1 heterocycles. The van der Waals surface area contributed by atoms with E-state index in [0.717, 1.165) is 5.69 Å². The van der Waals surface area contributed by atoms with E-state index in [2.05, 4.69) is 21.0 Å². The number of rotatable bonds is 6. The number of benzene rings is 1. The van der Waals surface area contributed by atoms with Crippen LogP contribution >= 0.6 is 0 Å². The lowest BCUT2D eigenvalue weighted by Crippen LogP contribution is -2.38. The molecule has 0 aliphatic heterocycles. The van der Waals surface area contributed by atoms with Crippen molar-refractivity contribution in [1.82, 2.24) is 20.4 Å². The number of hydrogen-bond donors (Lipinski definition) is 3. The van der Waals surface area contributed by atoms with Crippen LogP contribution in [0.25, 0.3) is 5.69 Å². The molecular formula is C17H21N5O3. The van der Waals surface area contributed by atoms with Crippen LogP contribution in [0.2, 0.25) is 0 Å². The summed E-state index contributed by atoms with van der Waals surface area (Å²) in [6, 6.07) is 11.0. The molecule has 8 heteroatoms. The first-order valence-electron chi connectivity index (χ1n) is 7.95. The molecule has 0 atom stereocenters. The number of amides is 3. The van der Waals surface area contributed by atoms with Gasteiger partial charge >= 0.3 is 11.8 Å². The molecular weight excluding hydrogens is 322 g/mol. The molecule has 0 saturated heterocycles. The van der Waals surface area contributed by atoms with Crippen LogP contribution < -0.4 is 16.0 Å². The molecule has 0 radical (unpaired) electrons. The number of nitrogens with one attached hydrogen (secondary N) is 3. The van der Waals surface area contributed by atoms with Gasteiger partial charge in [-0.15, -0.1) is 0 Å². The third-order valence-corrected chi connectivity index (χ3v) is 3.14. The monoisotopic (exact) mass is 343 g/mol. The van der Waals surface area contributed by atoms with Crippen molar-refractivity contribution in [3.05, 3.63) is 42.6 Å². The summed E-state index contributed by atoms with van der Waals surface area (Å²) in [5.74, 6) is -1.56. The van der Waals surface area contributed by atoms with Crippen molar-refractivity contribution in [1.29, 1.82) is 0 Å². The van der Waals surface area contributed by atoms with Gasteiger partial charge in [0.15, 0.2) is 5.82 Å². The van der Waals surface area contributed by atoms with Crippen LogP contribution in [-0.4, -0.2) is 40.1 Å². The fourth-order valence-electron chi connectivity index (χ4n) is 2.05. The third kappa shape index (κ3) is 5.76. The molecule has 0 fully saturated rings. The summed E-state index contributed by atoms with van der Waals surface area (Å²) in [6.07, 6.45) is 1.79. The van der Waals surface area contributed by atoms with E-state index in [-0.39, 0.29) is 30.7 Å². The normalized spacial score (nSPS) is 10.4. The summed E-state index contributed by atoms with van der Waals surface area (Å²) in [5.41, 5.74) is 0.837. The van der Waals surface area contributed by atoms with E-state index in [0.29, 0.717) is 0 Å². The molecule has 132 valence electrons. The molecule has 0 aliphatic carbocycles. The summed E-state index contributed by atoms with van der Waals surface area (Å²) in [7, 11) is 0. The first kappa shape index (κ1) is 18.2. The molecule has 3 N–H and O–H groups in total. The summed E-state index contributed by atoms with van der Waals surface area (Å²) in [4.78, 5) is 35.0. The summed E-state index contributed by atoms with van der Waals surface area (Å²) < 4.78 is 1.59. The molecule has 1 aromatic carbocycles. The Bertz CT molecular complexity index is 740. The Morgan fingerprint density at radius 1 is 1.08 bits per heavy atom. The van der Waals surface area contributed by atoms with E-state index in [1.807, 2.05) is 44.2 Å². The maximum Gasteiger partial charge on any atom is 0.314 e. The lowest BCUT2D eigenvalue weighted by atomic mass is 10.3. The SMILES string of the molecule is CC(C)NC(=O)CCNC(=O)C(=O)Nc1ccn(-c2ccccc2)n1. The molecule has 25 heavy (non-hydrogen) atoms. The molecule has 1 aromatic heterocycles. The molecule has 0 unspecified atom stereocenters. The van der Waals surface area contributed by atoms with Gasteiger partial charge in [-0.3, -0.25) is 14.4 Å². The highest BCUT2D eigenvalue weighted by Gasteiger charge is 2.15. The van der Waals surface area contributed by atoms with E-state index >= 15 is 0 Å². The second-order valence-electron chi connectivity index (χ2n) is 5.66. The Kier molecular flexibility index (Phi) is 6.27. The molecule has 8 nitrogen and oxygen atoms in total. The zero-order chi connectivity index (χ0) is 18.2. The van der Waals surface area contributed by atoms with Gasteiger partial charge < -0.3 is 16.0 Å². The highest BCUT2D eigenvalue weighted by molar-refractivity contribution is 6.39. The van der Waals surface area contributed by atoms with E-state index < -0.39 is 11.8 Å². The third-order valence-electron chi connectivity index (χ3n) is 3.14. The van der Waals surface area contributed by atoms with Crippen molar-refractivity contribution in [2.75, 3.05) is 11.9 Å². The quantitative estimate of drug-likeness (QED) is 0.676. The Morgan fingerprint density at radius 3 is 2.48 bits per heavy atom. The van der Waals surface area contributed by atoms with Crippen molar-refractivity contribution in [2.45, 2.75) is 26.3 Å². The molecule has 0 aliphatic rings. The van der Waals surface area contributed by atoms with Crippen LogP contribution in [0, 0.1) is 0 Å². The molecule has 3 amide bonds. The van der Waals surface area contributed by atoms with E-state index in [1.165, 1.54) is 0 Å². The summed E-state index contributed by atoms with van der Waals surface area (Å²) in [5, 5.41) is 11.7. The minimum absolute atomic E-state index is 0.0335. The zero-order valence-corrected chi connectivity index (χ0v) is 14.2. The minimum atomic E-state index is -0.831. The number of carbonyl (C=O) groups is 3. The second kappa shape index (κ2) is 8.62. The van der Waals surface area contributed by atoms with Gasteiger partial charge in [-0.2, -0.15) is 5.10 Å². The number of anilines is 1. The fourth-order valence-corrected chi connectivity index (χ4v) is 2.05. The molecule has 0 spiro atoms. The Labute approximate surface area is 145 Å². The van der Waals surface area contributed by atoms with Crippen LogP contribution in [0.3, 0.4) is 0 Å². The average molecular weight is 343 g/mol. The second-order valence-corrected chi connectivity index (χ2v) is 5.66. The van der Waals surface area contributed by atoms with Crippen molar-refractivity contribution in [3.8, 4) is 5.69 Å². The van der Waals surface area contributed by atoms with E-state index in [1.54, 1.807) is 16.9 Å². The molecule has 2 aromatic rings. The Hall–Kier alpha value is -3.16. The molecule has 0 saturated carbocycles. The highest BCUT2D eigenvalue weighted by Crippen LogP contribution is 2.09. The average Bonchev–Trinajstić information content (AvgIpc) is 3.03. The van der Waals surface area contributed by atoms with Gasteiger partial charge in [0.05, 0.1) is 5.69 Å². The van der Waals surface area contributed by atoms with Crippen LogP contribution in [0.1, 0.15) is 20.3 Å². The van der Waals surface area contributed by atoms with Crippen molar-refractivity contribution < 1.29 is 14.4 Å². The van der Waals surface area contributed by atoms with E-state index in [9.17, 15) is 14.4 Å². The largest absolute Gasteiger partial charge is 0.354 e. The number of nitrogens with zero attached hydrogens (tertiary/aromatic N) is 2. The van der Waals surface area contributed by atoms with E-state index in [4.69, 9.17) is 0 Å².